The number of nitrogens with zero attached hydrogens (tertiary/aromatic N) is 1. The second-order valence-corrected chi connectivity index (χ2v) is 2.06. The smallest absolute Gasteiger partial charge is 0.134 e. The lowest BCUT2D eigenvalue weighted by atomic mass is 10.2. The molecule has 0 bridgehead atoms. The lowest BCUT2D eigenvalue weighted by Crippen LogP contribution is -1.96. The van der Waals surface area contributed by atoms with Gasteiger partial charge in [0.15, 0.2) is 0 Å². The molecule has 0 saturated heterocycles. The monoisotopic (exact) mass is 150 g/mol. The van der Waals surface area contributed by atoms with Crippen LogP contribution in [0.2, 0.25) is 0 Å². The number of methoxy groups -OCH3 is 1. The van der Waals surface area contributed by atoms with E-state index in [1.54, 1.807) is 19.4 Å². The van der Waals surface area contributed by atoms with Crippen molar-refractivity contribution in [1.82, 2.24) is 4.98 Å². The third-order valence-corrected chi connectivity index (χ3v) is 1.39. The fourth-order valence-corrected chi connectivity index (χ4v) is 0.763. The Morgan fingerprint density at radius 1 is 1.73 bits per heavy atom. The van der Waals surface area contributed by atoms with Crippen molar-refractivity contribution in [2.24, 2.45) is 0 Å². The van der Waals surface area contributed by atoms with Gasteiger partial charge in [-0.05, 0) is 12.1 Å². The summed E-state index contributed by atoms with van der Waals surface area (Å²) in [6, 6.07) is 3.60. The van der Waals surface area contributed by atoms with Crippen LogP contribution in [0.4, 0.5) is 5.82 Å². The Morgan fingerprint density at radius 2 is 2.45 bits per heavy atom. The molecule has 1 heterocycles. The number of ether oxygens (including phenoxy) is 1. The average molecular weight is 150 g/mol. The molecule has 0 aliphatic carbocycles. The highest BCUT2D eigenvalue weighted by atomic mass is 16.5. The zero-order valence-corrected chi connectivity index (χ0v) is 6.37. The second kappa shape index (κ2) is 3.05. The van der Waals surface area contributed by atoms with E-state index in [4.69, 9.17) is 10.5 Å². The van der Waals surface area contributed by atoms with Crippen LogP contribution in [-0.2, 0) is 4.74 Å². The molecule has 0 saturated carbocycles. The molecule has 1 aromatic rings. The van der Waals surface area contributed by atoms with E-state index in [9.17, 15) is 0 Å². The van der Waals surface area contributed by atoms with Gasteiger partial charge in [0.2, 0.25) is 0 Å². The van der Waals surface area contributed by atoms with Crippen molar-refractivity contribution in [3.05, 3.63) is 30.5 Å². The third kappa shape index (κ3) is 1.49. The van der Waals surface area contributed by atoms with E-state index in [-0.39, 0.29) is 0 Å². The molecule has 0 fully saturated rings. The van der Waals surface area contributed by atoms with Gasteiger partial charge < -0.3 is 10.5 Å². The van der Waals surface area contributed by atoms with Crippen LogP contribution in [0.5, 0.6) is 0 Å². The van der Waals surface area contributed by atoms with Crippen molar-refractivity contribution >= 4 is 11.6 Å². The zero-order valence-electron chi connectivity index (χ0n) is 6.37. The summed E-state index contributed by atoms with van der Waals surface area (Å²) < 4.78 is 4.90. The molecule has 3 nitrogen and oxygen atoms in total. The van der Waals surface area contributed by atoms with Gasteiger partial charge in [0.1, 0.15) is 11.6 Å². The van der Waals surface area contributed by atoms with Gasteiger partial charge in [-0.2, -0.15) is 0 Å². The number of pyridine rings is 1. The highest BCUT2D eigenvalue weighted by Gasteiger charge is 2.01. The molecular weight excluding hydrogens is 140 g/mol. The molecule has 2 N–H and O–H groups in total. The van der Waals surface area contributed by atoms with E-state index in [0.717, 1.165) is 5.56 Å². The Bertz CT molecular complexity index is 271. The van der Waals surface area contributed by atoms with E-state index in [1.807, 2.05) is 6.07 Å². The largest absolute Gasteiger partial charge is 0.497 e. The summed E-state index contributed by atoms with van der Waals surface area (Å²) in [7, 11) is 1.55. The number of hydrogen-bond donors (Lipinski definition) is 1. The van der Waals surface area contributed by atoms with Gasteiger partial charge in [0, 0.05) is 6.20 Å². The zero-order chi connectivity index (χ0) is 8.27. The fourth-order valence-electron chi connectivity index (χ4n) is 0.763. The molecular formula is C8H10N2O. The Balaban J connectivity index is 3.03. The van der Waals surface area contributed by atoms with Gasteiger partial charge in [-0.1, -0.05) is 6.58 Å². The van der Waals surface area contributed by atoms with Crippen LogP contribution < -0.4 is 5.73 Å². The van der Waals surface area contributed by atoms with Crippen LogP contribution in [0.15, 0.2) is 24.9 Å². The molecule has 0 aromatic carbocycles. The van der Waals surface area contributed by atoms with Crippen LogP contribution >= 0.6 is 0 Å². The van der Waals surface area contributed by atoms with Gasteiger partial charge in [-0.25, -0.2) is 4.98 Å². The molecule has 58 valence electrons. The van der Waals surface area contributed by atoms with Crippen molar-refractivity contribution in [2.75, 3.05) is 12.8 Å². The van der Waals surface area contributed by atoms with Crippen molar-refractivity contribution in [2.45, 2.75) is 0 Å². The molecule has 1 aromatic heterocycles. The summed E-state index contributed by atoms with van der Waals surface area (Å²) in [5.41, 5.74) is 6.29. The number of aromatic nitrogens is 1. The summed E-state index contributed by atoms with van der Waals surface area (Å²) in [5.74, 6) is 0.981. The van der Waals surface area contributed by atoms with Crippen LogP contribution in [-0.4, -0.2) is 12.1 Å². The maximum atomic E-state index is 5.55. The third-order valence-electron chi connectivity index (χ3n) is 1.39. The first-order valence-electron chi connectivity index (χ1n) is 3.19. The van der Waals surface area contributed by atoms with Crippen LogP contribution in [0.1, 0.15) is 5.56 Å². The van der Waals surface area contributed by atoms with Crippen molar-refractivity contribution in [1.29, 1.82) is 0 Å². The molecule has 0 radical (unpaired) electrons. The minimum absolute atomic E-state index is 0.444. The molecule has 0 aliphatic rings. The molecule has 0 unspecified atom stereocenters. The lowest BCUT2D eigenvalue weighted by Gasteiger charge is -2.04. The Labute approximate surface area is 65.5 Å². The van der Waals surface area contributed by atoms with Gasteiger partial charge >= 0.3 is 0 Å². The van der Waals surface area contributed by atoms with E-state index in [0.29, 0.717) is 11.6 Å². The Morgan fingerprint density at radius 3 is 3.00 bits per heavy atom. The number of rotatable bonds is 2. The van der Waals surface area contributed by atoms with Crippen LogP contribution in [0, 0.1) is 0 Å². The van der Waals surface area contributed by atoms with E-state index >= 15 is 0 Å². The topological polar surface area (TPSA) is 48.1 Å². The van der Waals surface area contributed by atoms with Crippen molar-refractivity contribution in [3.8, 4) is 0 Å². The lowest BCUT2D eigenvalue weighted by molar-refractivity contribution is 0.371. The predicted molar refractivity (Wildman–Crippen MR) is 44.7 cm³/mol. The predicted octanol–water partition coefficient (Wildman–Crippen LogP) is 1.28. The minimum Gasteiger partial charge on any atom is -0.497 e. The summed E-state index contributed by atoms with van der Waals surface area (Å²) in [6.45, 7) is 3.66. The quantitative estimate of drug-likeness (QED) is 0.646. The molecule has 1 rings (SSSR count). The number of nitrogen functional groups attached to an aromatic ring is 1. The maximum absolute atomic E-state index is 5.55. The molecule has 0 aliphatic heterocycles. The van der Waals surface area contributed by atoms with E-state index in [2.05, 4.69) is 11.6 Å². The van der Waals surface area contributed by atoms with E-state index < -0.39 is 0 Å². The van der Waals surface area contributed by atoms with Crippen molar-refractivity contribution < 1.29 is 4.74 Å². The normalized spacial score (nSPS) is 9.18. The average Bonchev–Trinajstić information content (AvgIpc) is 2.04. The summed E-state index contributed by atoms with van der Waals surface area (Å²) in [5, 5.41) is 0. The SMILES string of the molecule is C=C(OC)c1cccnc1N. The number of nitrogens with two attached hydrogens (primary N) is 1. The van der Waals surface area contributed by atoms with E-state index in [1.165, 1.54) is 0 Å². The molecule has 3 heteroatoms. The first-order valence-corrected chi connectivity index (χ1v) is 3.19. The number of anilines is 1. The van der Waals surface area contributed by atoms with Gasteiger partial charge in [-0.15, -0.1) is 0 Å². The second-order valence-electron chi connectivity index (χ2n) is 2.06. The molecule has 0 atom stereocenters. The fraction of sp³-hybridized carbons (Fsp3) is 0.125. The molecule has 0 spiro atoms. The summed E-state index contributed by atoms with van der Waals surface area (Å²) >= 11 is 0. The molecule has 11 heavy (non-hydrogen) atoms. The van der Waals surface area contributed by atoms with Gasteiger partial charge in [-0.3, -0.25) is 0 Å². The standard InChI is InChI=1S/C8H10N2O/c1-6(11-2)7-4-3-5-10-8(7)9/h3-5H,1H2,2H3,(H2,9,10). The summed E-state index contributed by atoms with van der Waals surface area (Å²) in [6.07, 6.45) is 1.63. The first kappa shape index (κ1) is 7.60. The van der Waals surface area contributed by atoms with Gasteiger partial charge in [0.05, 0.1) is 12.7 Å². The maximum Gasteiger partial charge on any atom is 0.134 e. The van der Waals surface area contributed by atoms with Gasteiger partial charge in [0.25, 0.3) is 0 Å². The highest BCUT2D eigenvalue weighted by Crippen LogP contribution is 2.16. The number of hydrogen-bond acceptors (Lipinski definition) is 3. The first-order chi connectivity index (χ1) is 5.25. The van der Waals surface area contributed by atoms with Crippen molar-refractivity contribution in [3.63, 3.8) is 0 Å². The highest BCUT2D eigenvalue weighted by molar-refractivity contribution is 5.66. The van der Waals surface area contributed by atoms with Crippen LogP contribution in [0.3, 0.4) is 0 Å². The Hall–Kier alpha value is -1.51. The Kier molecular flexibility index (Phi) is 2.11. The summed E-state index contributed by atoms with van der Waals surface area (Å²) in [4.78, 5) is 3.89. The molecule has 0 amide bonds. The minimum atomic E-state index is 0.444. The van der Waals surface area contributed by atoms with Crippen LogP contribution in [0.25, 0.3) is 5.76 Å².